The number of rotatable bonds is 8. The fourth-order valence-electron chi connectivity index (χ4n) is 1.86. The van der Waals surface area contributed by atoms with Crippen LogP contribution in [0.15, 0.2) is 23.2 Å². The van der Waals surface area contributed by atoms with Crippen molar-refractivity contribution in [3.63, 3.8) is 0 Å². The Kier molecular flexibility index (Phi) is 11.9. The van der Waals surface area contributed by atoms with Gasteiger partial charge in [-0.3, -0.25) is 0 Å². The Hall–Kier alpha value is -1.62. The number of benzene rings is 1. The summed E-state index contributed by atoms with van der Waals surface area (Å²) >= 11 is 0. The zero-order valence-electron chi connectivity index (χ0n) is 14.9. The van der Waals surface area contributed by atoms with Gasteiger partial charge < -0.3 is 20.1 Å². The summed E-state index contributed by atoms with van der Waals surface area (Å²) in [6.45, 7) is 8.83. The van der Waals surface area contributed by atoms with Crippen LogP contribution in [0.4, 0.5) is 0 Å². The Morgan fingerprint density at radius 2 is 2.04 bits per heavy atom. The second-order valence-corrected chi connectivity index (χ2v) is 5.45. The molecule has 0 radical (unpaired) electrons. The van der Waals surface area contributed by atoms with E-state index in [0.29, 0.717) is 24.0 Å². The summed E-state index contributed by atoms with van der Waals surface area (Å²) in [7, 11) is 1.61. The molecule has 0 atom stereocenters. The maximum absolute atomic E-state index is 5.51. The van der Waals surface area contributed by atoms with Gasteiger partial charge in [-0.1, -0.05) is 25.8 Å². The molecule has 0 aliphatic carbocycles. The molecule has 0 unspecified atom stereocenters. The molecule has 24 heavy (non-hydrogen) atoms. The van der Waals surface area contributed by atoms with E-state index in [0.717, 1.165) is 24.6 Å². The minimum Gasteiger partial charge on any atom is -0.493 e. The van der Waals surface area contributed by atoms with Crippen LogP contribution in [0, 0.1) is 18.3 Å². The molecule has 1 aromatic rings. The number of hydrogen-bond donors (Lipinski definition) is 2. The van der Waals surface area contributed by atoms with E-state index in [1.54, 1.807) is 7.11 Å². The number of methoxy groups -OCH3 is 1. The highest BCUT2D eigenvalue weighted by molar-refractivity contribution is 14.0. The molecule has 0 saturated carbocycles. The third kappa shape index (κ3) is 8.29. The lowest BCUT2D eigenvalue weighted by Gasteiger charge is -2.13. The van der Waals surface area contributed by atoms with Gasteiger partial charge >= 0.3 is 0 Å². The van der Waals surface area contributed by atoms with Gasteiger partial charge in [-0.25, -0.2) is 4.99 Å². The van der Waals surface area contributed by atoms with Crippen LogP contribution < -0.4 is 20.1 Å². The first-order valence-corrected chi connectivity index (χ1v) is 7.86. The molecule has 134 valence electrons. The molecule has 1 rings (SSSR count). The standard InChI is InChI=1S/C18H27N3O2.HI/c1-6-10-23-17-11-15(8-9-16(17)22-5)13-21-18(19-7-2)20-12-14(3)4;/h1,8-9,11,14H,7,10,12-13H2,2-5H3,(H2,19,20,21);1H. The molecular weight excluding hydrogens is 417 g/mol. The predicted molar refractivity (Wildman–Crippen MR) is 110 cm³/mol. The molecule has 2 N–H and O–H groups in total. The number of terminal acetylenes is 1. The number of hydrogen-bond acceptors (Lipinski definition) is 3. The summed E-state index contributed by atoms with van der Waals surface area (Å²) in [6.07, 6.45) is 5.24. The summed E-state index contributed by atoms with van der Waals surface area (Å²) in [5, 5.41) is 6.55. The van der Waals surface area contributed by atoms with Crippen molar-refractivity contribution in [1.29, 1.82) is 0 Å². The molecule has 0 heterocycles. The van der Waals surface area contributed by atoms with E-state index < -0.39 is 0 Å². The molecule has 0 aromatic heterocycles. The number of nitrogens with one attached hydrogen (secondary N) is 2. The topological polar surface area (TPSA) is 54.9 Å². The molecule has 0 aliphatic heterocycles. The van der Waals surface area contributed by atoms with Gasteiger partial charge in [0.25, 0.3) is 0 Å². The molecular formula is C18H28IN3O2. The SMILES string of the molecule is C#CCOc1cc(CN=C(NCC)NCC(C)C)ccc1OC.I. The van der Waals surface area contributed by atoms with Crippen LogP contribution in [0.2, 0.25) is 0 Å². The van der Waals surface area contributed by atoms with E-state index in [9.17, 15) is 0 Å². The van der Waals surface area contributed by atoms with Crippen molar-refractivity contribution >= 4 is 29.9 Å². The van der Waals surface area contributed by atoms with Crippen LogP contribution in [0.5, 0.6) is 11.5 Å². The molecule has 0 fully saturated rings. The van der Waals surface area contributed by atoms with Crippen molar-refractivity contribution < 1.29 is 9.47 Å². The highest BCUT2D eigenvalue weighted by Gasteiger charge is 2.06. The van der Waals surface area contributed by atoms with Crippen LogP contribution in [0.1, 0.15) is 26.3 Å². The molecule has 0 amide bonds. The van der Waals surface area contributed by atoms with E-state index in [1.165, 1.54) is 0 Å². The molecule has 0 spiro atoms. The van der Waals surface area contributed by atoms with Crippen LogP contribution in [-0.2, 0) is 6.54 Å². The van der Waals surface area contributed by atoms with Gasteiger partial charge in [0.05, 0.1) is 13.7 Å². The summed E-state index contributed by atoms with van der Waals surface area (Å²) in [5.74, 6) is 5.13. The minimum atomic E-state index is 0. The quantitative estimate of drug-likeness (QED) is 0.280. The van der Waals surface area contributed by atoms with E-state index >= 15 is 0 Å². The number of ether oxygens (including phenoxy) is 2. The van der Waals surface area contributed by atoms with Gasteiger partial charge in [-0.15, -0.1) is 30.4 Å². The van der Waals surface area contributed by atoms with E-state index in [4.69, 9.17) is 15.9 Å². The zero-order valence-corrected chi connectivity index (χ0v) is 17.2. The average Bonchev–Trinajstić information content (AvgIpc) is 2.55. The van der Waals surface area contributed by atoms with Gasteiger partial charge in [-0.05, 0) is 30.5 Å². The smallest absolute Gasteiger partial charge is 0.191 e. The Morgan fingerprint density at radius 1 is 1.29 bits per heavy atom. The second kappa shape index (κ2) is 12.8. The average molecular weight is 445 g/mol. The third-order valence-electron chi connectivity index (χ3n) is 2.98. The lowest BCUT2D eigenvalue weighted by atomic mass is 10.2. The Bertz CT molecular complexity index is 554. The van der Waals surface area contributed by atoms with Gasteiger partial charge in [0.15, 0.2) is 17.5 Å². The van der Waals surface area contributed by atoms with Crippen molar-refractivity contribution in [2.45, 2.75) is 27.3 Å². The molecule has 0 saturated heterocycles. The van der Waals surface area contributed by atoms with Crippen molar-refractivity contribution in [2.24, 2.45) is 10.9 Å². The van der Waals surface area contributed by atoms with Gasteiger partial charge in [0.2, 0.25) is 0 Å². The molecule has 0 aliphatic rings. The fourth-order valence-corrected chi connectivity index (χ4v) is 1.86. The lowest BCUT2D eigenvalue weighted by molar-refractivity contribution is 0.330. The Labute approximate surface area is 162 Å². The second-order valence-electron chi connectivity index (χ2n) is 5.45. The van der Waals surface area contributed by atoms with Crippen LogP contribution in [0.3, 0.4) is 0 Å². The highest BCUT2D eigenvalue weighted by Crippen LogP contribution is 2.28. The summed E-state index contributed by atoms with van der Waals surface area (Å²) in [6, 6.07) is 5.74. The first-order chi connectivity index (χ1) is 11.1. The number of nitrogens with zero attached hydrogens (tertiary/aromatic N) is 1. The lowest BCUT2D eigenvalue weighted by Crippen LogP contribution is -2.39. The van der Waals surface area contributed by atoms with E-state index in [2.05, 4.69) is 35.4 Å². The van der Waals surface area contributed by atoms with Crippen molar-refractivity contribution in [3.8, 4) is 23.8 Å². The molecule has 0 bridgehead atoms. The predicted octanol–water partition coefficient (Wildman–Crippen LogP) is 3.04. The number of halogens is 1. The Balaban J connectivity index is 0.00000529. The van der Waals surface area contributed by atoms with E-state index in [-0.39, 0.29) is 30.6 Å². The number of aliphatic imine (C=N–C) groups is 1. The molecule has 1 aromatic carbocycles. The largest absolute Gasteiger partial charge is 0.493 e. The normalized spacial score (nSPS) is 10.6. The highest BCUT2D eigenvalue weighted by atomic mass is 127. The minimum absolute atomic E-state index is 0. The van der Waals surface area contributed by atoms with Crippen LogP contribution >= 0.6 is 24.0 Å². The summed E-state index contributed by atoms with van der Waals surface area (Å²) < 4.78 is 10.8. The first kappa shape index (κ1) is 22.4. The van der Waals surface area contributed by atoms with Crippen molar-refractivity contribution in [2.75, 3.05) is 26.8 Å². The first-order valence-electron chi connectivity index (χ1n) is 7.86. The zero-order chi connectivity index (χ0) is 17.1. The summed E-state index contributed by atoms with van der Waals surface area (Å²) in [4.78, 5) is 4.59. The molecule has 5 nitrogen and oxygen atoms in total. The summed E-state index contributed by atoms with van der Waals surface area (Å²) in [5.41, 5.74) is 1.03. The maximum Gasteiger partial charge on any atom is 0.191 e. The fraction of sp³-hybridized carbons (Fsp3) is 0.500. The van der Waals surface area contributed by atoms with Crippen molar-refractivity contribution in [3.05, 3.63) is 23.8 Å². The van der Waals surface area contributed by atoms with Crippen LogP contribution in [-0.4, -0.2) is 32.8 Å². The van der Waals surface area contributed by atoms with Crippen LogP contribution in [0.25, 0.3) is 0 Å². The Morgan fingerprint density at radius 3 is 2.62 bits per heavy atom. The monoisotopic (exact) mass is 445 g/mol. The molecule has 6 heteroatoms. The number of guanidine groups is 1. The van der Waals surface area contributed by atoms with Crippen molar-refractivity contribution in [1.82, 2.24) is 10.6 Å². The van der Waals surface area contributed by atoms with Gasteiger partial charge in [-0.2, -0.15) is 0 Å². The third-order valence-corrected chi connectivity index (χ3v) is 2.98. The van der Waals surface area contributed by atoms with E-state index in [1.807, 2.05) is 25.1 Å². The van der Waals surface area contributed by atoms with Gasteiger partial charge in [0, 0.05) is 13.1 Å². The van der Waals surface area contributed by atoms with Gasteiger partial charge in [0.1, 0.15) is 6.61 Å². The maximum atomic E-state index is 5.51.